The lowest BCUT2D eigenvalue weighted by Crippen LogP contribution is -2.50. The van der Waals surface area contributed by atoms with Crippen LogP contribution in [0.4, 0.5) is 16.4 Å². The second-order valence-corrected chi connectivity index (χ2v) is 8.27. The lowest BCUT2D eigenvalue weighted by molar-refractivity contribution is 0.140. The van der Waals surface area contributed by atoms with Crippen molar-refractivity contribution >= 4 is 40.6 Å². The van der Waals surface area contributed by atoms with E-state index < -0.39 is 0 Å². The highest BCUT2D eigenvalue weighted by atomic mass is 35.5. The first-order valence-corrected chi connectivity index (χ1v) is 10.8. The Labute approximate surface area is 188 Å². The highest BCUT2D eigenvalue weighted by Gasteiger charge is 2.19. The minimum atomic E-state index is -0.379. The van der Waals surface area contributed by atoms with Crippen LogP contribution in [0.25, 0.3) is 11.4 Å². The molecule has 1 aliphatic rings. The molecule has 0 bridgehead atoms. The van der Waals surface area contributed by atoms with E-state index >= 15 is 0 Å². The van der Waals surface area contributed by atoms with Gasteiger partial charge in [0.1, 0.15) is 16.6 Å². The SMILES string of the molecule is N#Cc1scnc1-c1ccnc(Nc2cc(Cl)cc(CN3CCN(C(N)=O)CC3)c2)n1. The summed E-state index contributed by atoms with van der Waals surface area (Å²) in [6.07, 6.45) is 1.62. The Morgan fingerprint density at radius 2 is 2.06 bits per heavy atom. The van der Waals surface area contributed by atoms with Gasteiger partial charge in [-0.15, -0.1) is 11.3 Å². The smallest absolute Gasteiger partial charge is 0.314 e. The van der Waals surface area contributed by atoms with E-state index in [4.69, 9.17) is 17.3 Å². The summed E-state index contributed by atoms with van der Waals surface area (Å²) in [7, 11) is 0. The zero-order valence-electron chi connectivity index (χ0n) is 16.5. The summed E-state index contributed by atoms with van der Waals surface area (Å²) in [6.45, 7) is 3.43. The first-order valence-electron chi connectivity index (χ1n) is 9.52. The van der Waals surface area contributed by atoms with E-state index in [0.29, 0.717) is 46.9 Å². The lowest BCUT2D eigenvalue weighted by atomic mass is 10.1. The zero-order valence-corrected chi connectivity index (χ0v) is 18.0. The van der Waals surface area contributed by atoms with E-state index in [1.807, 2.05) is 12.1 Å². The van der Waals surface area contributed by atoms with Gasteiger partial charge in [0.15, 0.2) is 0 Å². The van der Waals surface area contributed by atoms with Gasteiger partial charge in [0.05, 0.1) is 11.2 Å². The van der Waals surface area contributed by atoms with Gasteiger partial charge in [-0.3, -0.25) is 4.90 Å². The van der Waals surface area contributed by atoms with Gasteiger partial charge in [-0.25, -0.2) is 19.7 Å². The number of nitriles is 1. The third kappa shape index (κ3) is 5.08. The van der Waals surface area contributed by atoms with Crippen LogP contribution in [0.2, 0.25) is 5.02 Å². The third-order valence-corrected chi connectivity index (χ3v) is 5.82. The standard InChI is InChI=1S/C20H19ClN8OS/c21-14-7-13(11-28-3-5-29(6-4-28)19(23)30)8-15(9-14)26-20-24-2-1-16(27-20)18-17(10-22)31-12-25-18/h1-2,7-9,12H,3-6,11H2,(H2,23,30)(H,24,26,27). The predicted molar refractivity (Wildman–Crippen MR) is 119 cm³/mol. The number of benzene rings is 1. The molecule has 1 aliphatic heterocycles. The highest BCUT2D eigenvalue weighted by Crippen LogP contribution is 2.26. The van der Waals surface area contributed by atoms with Gasteiger partial charge < -0.3 is 16.0 Å². The van der Waals surface area contributed by atoms with Crippen molar-refractivity contribution in [3.8, 4) is 17.5 Å². The normalized spacial score (nSPS) is 14.3. The second kappa shape index (κ2) is 9.26. The average molecular weight is 455 g/mol. The molecular formula is C20H19ClN8OS. The first kappa shape index (κ1) is 21.0. The molecule has 0 aliphatic carbocycles. The monoisotopic (exact) mass is 454 g/mol. The van der Waals surface area contributed by atoms with Crippen molar-refractivity contribution in [3.05, 3.63) is 51.4 Å². The molecule has 1 fully saturated rings. The highest BCUT2D eigenvalue weighted by molar-refractivity contribution is 7.10. The Balaban J connectivity index is 1.48. The Kier molecular flexibility index (Phi) is 6.27. The predicted octanol–water partition coefficient (Wildman–Crippen LogP) is 3.07. The van der Waals surface area contributed by atoms with Crippen LogP contribution in [-0.2, 0) is 6.54 Å². The minimum Gasteiger partial charge on any atom is -0.351 e. The van der Waals surface area contributed by atoms with E-state index in [9.17, 15) is 10.1 Å². The maximum atomic E-state index is 11.3. The fourth-order valence-corrected chi connectivity index (χ4v) is 4.23. The molecular weight excluding hydrogens is 436 g/mol. The van der Waals surface area contributed by atoms with Crippen LogP contribution in [0, 0.1) is 11.3 Å². The van der Waals surface area contributed by atoms with Crippen molar-refractivity contribution in [2.45, 2.75) is 6.54 Å². The Bertz CT molecular complexity index is 1140. The molecule has 2 aromatic heterocycles. The molecule has 1 aromatic carbocycles. The number of urea groups is 1. The number of amides is 2. The van der Waals surface area contributed by atoms with E-state index in [-0.39, 0.29) is 6.03 Å². The molecule has 3 aromatic rings. The topological polar surface area (TPSA) is 124 Å². The number of hydrogen-bond acceptors (Lipinski definition) is 8. The number of primary amides is 1. The van der Waals surface area contributed by atoms with Gasteiger partial charge in [0, 0.05) is 49.6 Å². The van der Waals surface area contributed by atoms with Gasteiger partial charge >= 0.3 is 6.03 Å². The molecule has 3 heterocycles. The average Bonchev–Trinajstić information content (AvgIpc) is 3.23. The first-order chi connectivity index (χ1) is 15.0. The van der Waals surface area contributed by atoms with Gasteiger partial charge in [-0.1, -0.05) is 11.6 Å². The number of nitrogens with zero attached hydrogens (tertiary/aromatic N) is 6. The largest absolute Gasteiger partial charge is 0.351 e. The number of thiazole rings is 1. The van der Waals surface area contributed by atoms with Crippen molar-refractivity contribution < 1.29 is 4.79 Å². The van der Waals surface area contributed by atoms with Crippen LogP contribution in [0.5, 0.6) is 0 Å². The number of rotatable bonds is 5. The van der Waals surface area contributed by atoms with Crippen molar-refractivity contribution in [1.82, 2.24) is 24.8 Å². The number of piperazine rings is 1. The third-order valence-electron chi connectivity index (χ3n) is 4.87. The number of hydrogen-bond donors (Lipinski definition) is 2. The Morgan fingerprint density at radius 1 is 1.26 bits per heavy atom. The maximum absolute atomic E-state index is 11.3. The van der Waals surface area contributed by atoms with Gasteiger partial charge in [0.25, 0.3) is 0 Å². The molecule has 3 N–H and O–H groups in total. The zero-order chi connectivity index (χ0) is 21.8. The molecule has 0 unspecified atom stereocenters. The lowest BCUT2D eigenvalue weighted by Gasteiger charge is -2.33. The van der Waals surface area contributed by atoms with Crippen molar-refractivity contribution in [2.24, 2.45) is 5.73 Å². The van der Waals surface area contributed by atoms with Crippen LogP contribution in [0.3, 0.4) is 0 Å². The summed E-state index contributed by atoms with van der Waals surface area (Å²) in [5, 5.41) is 13.0. The van der Waals surface area contributed by atoms with Crippen LogP contribution < -0.4 is 11.1 Å². The number of anilines is 2. The van der Waals surface area contributed by atoms with Crippen LogP contribution in [0.1, 0.15) is 10.4 Å². The molecule has 0 radical (unpaired) electrons. The van der Waals surface area contributed by atoms with Gasteiger partial charge in [0.2, 0.25) is 5.95 Å². The molecule has 9 nitrogen and oxygen atoms in total. The van der Waals surface area contributed by atoms with Crippen molar-refractivity contribution in [1.29, 1.82) is 5.26 Å². The molecule has 31 heavy (non-hydrogen) atoms. The molecule has 0 saturated carbocycles. The fraction of sp³-hybridized carbons (Fsp3) is 0.250. The summed E-state index contributed by atoms with van der Waals surface area (Å²) in [4.78, 5) is 28.7. The molecule has 2 amide bonds. The number of aromatic nitrogens is 3. The van der Waals surface area contributed by atoms with E-state index in [0.717, 1.165) is 24.3 Å². The quantitative estimate of drug-likeness (QED) is 0.606. The summed E-state index contributed by atoms with van der Waals surface area (Å²) < 4.78 is 0. The molecule has 158 valence electrons. The molecule has 0 spiro atoms. The van der Waals surface area contributed by atoms with E-state index in [1.54, 1.807) is 28.7 Å². The summed E-state index contributed by atoms with van der Waals surface area (Å²) in [5.74, 6) is 0.387. The molecule has 1 saturated heterocycles. The summed E-state index contributed by atoms with van der Waals surface area (Å²) in [6, 6.07) is 9.18. The van der Waals surface area contributed by atoms with Gasteiger partial charge in [-0.2, -0.15) is 5.26 Å². The van der Waals surface area contributed by atoms with Crippen molar-refractivity contribution in [2.75, 3.05) is 31.5 Å². The summed E-state index contributed by atoms with van der Waals surface area (Å²) in [5.41, 5.74) is 9.87. The number of nitrogens with two attached hydrogens (primary N) is 1. The minimum absolute atomic E-state index is 0.379. The van der Waals surface area contributed by atoms with Gasteiger partial charge in [-0.05, 0) is 29.8 Å². The maximum Gasteiger partial charge on any atom is 0.314 e. The number of carbonyl (C=O) groups excluding carboxylic acids is 1. The van der Waals surface area contributed by atoms with Crippen LogP contribution >= 0.6 is 22.9 Å². The fourth-order valence-electron chi connectivity index (χ4n) is 3.39. The van der Waals surface area contributed by atoms with E-state index in [2.05, 4.69) is 31.2 Å². The van der Waals surface area contributed by atoms with Crippen molar-refractivity contribution in [3.63, 3.8) is 0 Å². The Hall–Kier alpha value is -3.26. The number of halogens is 1. The second-order valence-electron chi connectivity index (χ2n) is 6.98. The molecule has 11 heteroatoms. The Morgan fingerprint density at radius 3 is 2.81 bits per heavy atom. The number of carbonyl (C=O) groups is 1. The molecule has 4 rings (SSSR count). The number of nitrogens with one attached hydrogen (secondary N) is 1. The van der Waals surface area contributed by atoms with Crippen LogP contribution in [0.15, 0.2) is 36.0 Å². The summed E-state index contributed by atoms with van der Waals surface area (Å²) >= 11 is 7.61. The molecule has 0 atom stereocenters. The van der Waals surface area contributed by atoms with Crippen LogP contribution in [-0.4, -0.2) is 57.0 Å². The van der Waals surface area contributed by atoms with E-state index in [1.165, 1.54) is 11.3 Å².